The molecule has 0 aliphatic carbocycles. The van der Waals surface area contributed by atoms with Crippen LogP contribution in [0.4, 0.5) is 5.69 Å². The van der Waals surface area contributed by atoms with Crippen molar-refractivity contribution in [2.24, 2.45) is 0 Å². The molecule has 4 nitrogen and oxygen atoms in total. The molecule has 4 heteroatoms. The van der Waals surface area contributed by atoms with Crippen molar-refractivity contribution >= 4 is 22.5 Å². The lowest BCUT2D eigenvalue weighted by molar-refractivity contribution is 0.102. The minimum Gasteiger partial charge on any atom is -0.497 e. The number of H-pyrrole nitrogens is 1. The molecule has 1 heterocycles. The predicted molar refractivity (Wildman–Crippen MR) is 88.7 cm³/mol. The summed E-state index contributed by atoms with van der Waals surface area (Å²) in [5, 5.41) is 3.93. The lowest BCUT2D eigenvalue weighted by Crippen LogP contribution is -2.13. The van der Waals surface area contributed by atoms with Gasteiger partial charge in [-0.25, -0.2) is 0 Å². The van der Waals surface area contributed by atoms with Crippen LogP contribution in [0.2, 0.25) is 0 Å². The highest BCUT2D eigenvalue weighted by Crippen LogP contribution is 2.23. The molecule has 1 amide bonds. The topological polar surface area (TPSA) is 54.1 Å². The molecule has 0 aliphatic rings. The summed E-state index contributed by atoms with van der Waals surface area (Å²) in [5.41, 5.74) is 4.48. The van der Waals surface area contributed by atoms with E-state index >= 15 is 0 Å². The number of carbonyl (C=O) groups excluding carboxylic acids is 1. The van der Waals surface area contributed by atoms with Crippen molar-refractivity contribution in [2.75, 3.05) is 12.4 Å². The fraction of sp³-hybridized carbons (Fsp3) is 0.167. The number of amides is 1. The van der Waals surface area contributed by atoms with Gasteiger partial charge in [0.1, 0.15) is 11.4 Å². The summed E-state index contributed by atoms with van der Waals surface area (Å²) in [7, 11) is 1.62. The lowest BCUT2D eigenvalue weighted by Gasteiger charge is -2.09. The fourth-order valence-corrected chi connectivity index (χ4v) is 2.43. The van der Waals surface area contributed by atoms with Gasteiger partial charge in [-0.3, -0.25) is 4.79 Å². The molecule has 22 heavy (non-hydrogen) atoms. The zero-order valence-electron chi connectivity index (χ0n) is 12.9. The summed E-state index contributed by atoms with van der Waals surface area (Å²) in [6.07, 6.45) is 0. The third-order valence-corrected chi connectivity index (χ3v) is 3.93. The molecule has 0 saturated heterocycles. The van der Waals surface area contributed by atoms with E-state index in [1.165, 1.54) is 0 Å². The minimum absolute atomic E-state index is 0.149. The second-order valence-electron chi connectivity index (χ2n) is 5.34. The van der Waals surface area contributed by atoms with Crippen LogP contribution in [0.5, 0.6) is 5.75 Å². The van der Waals surface area contributed by atoms with E-state index in [0.717, 1.165) is 33.5 Å². The van der Waals surface area contributed by atoms with Crippen molar-refractivity contribution in [3.63, 3.8) is 0 Å². The van der Waals surface area contributed by atoms with Crippen LogP contribution < -0.4 is 10.1 Å². The molecule has 112 valence electrons. The molecule has 0 atom stereocenters. The van der Waals surface area contributed by atoms with E-state index in [0.29, 0.717) is 5.69 Å². The maximum atomic E-state index is 12.4. The quantitative estimate of drug-likeness (QED) is 0.765. The minimum atomic E-state index is -0.149. The van der Waals surface area contributed by atoms with Crippen LogP contribution in [0.1, 0.15) is 21.6 Å². The van der Waals surface area contributed by atoms with E-state index in [9.17, 15) is 4.79 Å². The number of aromatic amines is 1. The first-order valence-electron chi connectivity index (χ1n) is 7.13. The number of methoxy groups -OCH3 is 1. The maximum absolute atomic E-state index is 12.4. The standard InChI is InChI=1S/C18H18N2O2/c1-11-5-4-6-15(12(11)2)20-18(21)17-9-13-7-8-14(22-3)10-16(13)19-17/h4-10,19H,1-3H3,(H,20,21). The van der Waals surface area contributed by atoms with Crippen LogP contribution in [-0.4, -0.2) is 18.0 Å². The van der Waals surface area contributed by atoms with Crippen LogP contribution in [0.25, 0.3) is 10.9 Å². The Bertz CT molecular complexity index is 849. The van der Waals surface area contributed by atoms with Gasteiger partial charge in [-0.15, -0.1) is 0 Å². The van der Waals surface area contributed by atoms with Crippen molar-refractivity contribution in [1.29, 1.82) is 0 Å². The molecule has 0 radical (unpaired) electrons. The second-order valence-corrected chi connectivity index (χ2v) is 5.34. The van der Waals surface area contributed by atoms with Crippen LogP contribution in [-0.2, 0) is 0 Å². The Balaban J connectivity index is 1.90. The average molecular weight is 294 g/mol. The van der Waals surface area contributed by atoms with Gasteiger partial charge in [0.15, 0.2) is 0 Å². The summed E-state index contributed by atoms with van der Waals surface area (Å²) >= 11 is 0. The maximum Gasteiger partial charge on any atom is 0.272 e. The van der Waals surface area contributed by atoms with Crippen molar-refractivity contribution in [1.82, 2.24) is 4.98 Å². The summed E-state index contributed by atoms with van der Waals surface area (Å²) < 4.78 is 5.20. The number of ether oxygens (including phenoxy) is 1. The van der Waals surface area contributed by atoms with Gasteiger partial charge in [0.05, 0.1) is 7.11 Å². The predicted octanol–water partition coefficient (Wildman–Crippen LogP) is 4.05. The normalized spacial score (nSPS) is 10.7. The molecule has 0 fully saturated rings. The van der Waals surface area contributed by atoms with Crippen molar-refractivity contribution < 1.29 is 9.53 Å². The molecule has 0 unspecified atom stereocenters. The molecule has 0 saturated carbocycles. The molecule has 0 spiro atoms. The van der Waals surface area contributed by atoms with E-state index in [1.54, 1.807) is 7.11 Å². The number of hydrogen-bond acceptors (Lipinski definition) is 2. The summed E-state index contributed by atoms with van der Waals surface area (Å²) in [5.74, 6) is 0.611. The number of aryl methyl sites for hydroxylation is 1. The SMILES string of the molecule is COc1ccc2cc(C(=O)Nc3cccc(C)c3C)[nH]c2c1. The van der Waals surface area contributed by atoms with Gasteiger partial charge in [-0.05, 0) is 49.2 Å². The van der Waals surface area contributed by atoms with Gasteiger partial charge < -0.3 is 15.0 Å². The smallest absolute Gasteiger partial charge is 0.272 e. The molecular formula is C18H18N2O2. The third kappa shape index (κ3) is 2.55. The Hall–Kier alpha value is -2.75. The summed E-state index contributed by atoms with van der Waals surface area (Å²) in [4.78, 5) is 15.6. The zero-order chi connectivity index (χ0) is 15.7. The van der Waals surface area contributed by atoms with E-state index in [4.69, 9.17) is 4.74 Å². The Morgan fingerprint density at radius 1 is 1.14 bits per heavy atom. The fourth-order valence-electron chi connectivity index (χ4n) is 2.43. The highest BCUT2D eigenvalue weighted by atomic mass is 16.5. The highest BCUT2D eigenvalue weighted by Gasteiger charge is 2.11. The monoisotopic (exact) mass is 294 g/mol. The van der Waals surface area contributed by atoms with Gasteiger partial charge in [0.2, 0.25) is 0 Å². The van der Waals surface area contributed by atoms with E-state index in [-0.39, 0.29) is 5.91 Å². The van der Waals surface area contributed by atoms with Gasteiger partial charge in [-0.2, -0.15) is 0 Å². The number of rotatable bonds is 3. The van der Waals surface area contributed by atoms with Crippen LogP contribution in [0.3, 0.4) is 0 Å². The van der Waals surface area contributed by atoms with Gasteiger partial charge in [0.25, 0.3) is 5.91 Å². The molecular weight excluding hydrogens is 276 g/mol. The number of anilines is 1. The number of nitrogens with one attached hydrogen (secondary N) is 2. The van der Waals surface area contributed by atoms with E-state index < -0.39 is 0 Å². The Morgan fingerprint density at radius 2 is 1.95 bits per heavy atom. The summed E-state index contributed by atoms with van der Waals surface area (Å²) in [6.45, 7) is 4.03. The Kier molecular flexibility index (Phi) is 3.59. The van der Waals surface area contributed by atoms with Crippen LogP contribution in [0.15, 0.2) is 42.5 Å². The number of aromatic nitrogens is 1. The number of carbonyl (C=O) groups is 1. The molecule has 0 bridgehead atoms. The first kappa shape index (κ1) is 14.2. The van der Waals surface area contributed by atoms with Crippen molar-refractivity contribution in [3.05, 3.63) is 59.3 Å². The Morgan fingerprint density at radius 3 is 2.73 bits per heavy atom. The van der Waals surface area contributed by atoms with Gasteiger partial charge in [-0.1, -0.05) is 12.1 Å². The van der Waals surface area contributed by atoms with E-state index in [1.807, 2.05) is 56.3 Å². The highest BCUT2D eigenvalue weighted by molar-refractivity contribution is 6.06. The van der Waals surface area contributed by atoms with Gasteiger partial charge in [0, 0.05) is 22.7 Å². The van der Waals surface area contributed by atoms with E-state index in [2.05, 4.69) is 10.3 Å². The number of hydrogen-bond donors (Lipinski definition) is 2. The van der Waals surface area contributed by atoms with Gasteiger partial charge >= 0.3 is 0 Å². The largest absolute Gasteiger partial charge is 0.497 e. The molecule has 3 aromatic rings. The first-order chi connectivity index (χ1) is 10.6. The number of benzene rings is 2. The first-order valence-corrected chi connectivity index (χ1v) is 7.13. The third-order valence-electron chi connectivity index (χ3n) is 3.93. The molecule has 1 aromatic heterocycles. The zero-order valence-corrected chi connectivity index (χ0v) is 12.9. The summed E-state index contributed by atoms with van der Waals surface area (Å²) in [6, 6.07) is 13.4. The molecule has 2 N–H and O–H groups in total. The average Bonchev–Trinajstić information content (AvgIpc) is 2.94. The van der Waals surface area contributed by atoms with Crippen LogP contribution in [0, 0.1) is 13.8 Å². The number of fused-ring (bicyclic) bond motifs is 1. The Labute approximate surface area is 129 Å². The van der Waals surface area contributed by atoms with Crippen molar-refractivity contribution in [3.8, 4) is 5.75 Å². The van der Waals surface area contributed by atoms with Crippen LogP contribution >= 0.6 is 0 Å². The molecule has 3 rings (SSSR count). The second kappa shape index (κ2) is 5.56. The lowest BCUT2D eigenvalue weighted by atomic mass is 10.1. The molecule has 0 aliphatic heterocycles. The molecule has 2 aromatic carbocycles. The van der Waals surface area contributed by atoms with Crippen molar-refractivity contribution in [2.45, 2.75) is 13.8 Å².